The van der Waals surface area contributed by atoms with Crippen LogP contribution in [0.25, 0.3) is 0 Å². The van der Waals surface area contributed by atoms with Crippen molar-refractivity contribution in [3.8, 4) is 0 Å². The average Bonchev–Trinajstić information content (AvgIpc) is 2.10. The van der Waals surface area contributed by atoms with Crippen LogP contribution in [0.15, 0.2) is 42.9 Å². The molecule has 0 aliphatic rings. The van der Waals surface area contributed by atoms with E-state index in [2.05, 4.69) is 23.6 Å². The van der Waals surface area contributed by atoms with E-state index in [1.165, 1.54) is 0 Å². The molecular formula is C9H8O4. The smallest absolute Gasteiger partial charge is 0.342 e. The van der Waals surface area contributed by atoms with E-state index >= 15 is 0 Å². The summed E-state index contributed by atoms with van der Waals surface area (Å²) in [7, 11) is 0. The van der Waals surface area contributed by atoms with Crippen LogP contribution in [0, 0.1) is 0 Å². The van der Waals surface area contributed by atoms with Crippen LogP contribution in [-0.4, -0.2) is 17.0 Å². The van der Waals surface area contributed by atoms with Crippen LogP contribution >= 0.6 is 0 Å². The number of ether oxygens (including phenoxy) is 1. The normalized spacial score (nSPS) is 8.92. The molecule has 0 atom stereocenters. The molecule has 0 aliphatic carbocycles. The number of hydrogen-bond acceptors (Lipinski definition) is 3. The van der Waals surface area contributed by atoms with Gasteiger partial charge in [-0.15, -0.1) is 0 Å². The lowest BCUT2D eigenvalue weighted by atomic mass is 10.3. The molecule has 0 amide bonds. The Morgan fingerprint density at radius 2 is 2.00 bits per heavy atom. The number of aliphatic carboxylic acids is 1. The molecule has 68 valence electrons. The summed E-state index contributed by atoms with van der Waals surface area (Å²) in [5.74, 6) is -1.90. The minimum Gasteiger partial charge on any atom is -0.478 e. The number of esters is 1. The zero-order valence-corrected chi connectivity index (χ0v) is 6.82. The Balaban J connectivity index is 4.19. The second-order valence-corrected chi connectivity index (χ2v) is 1.92. The predicted octanol–water partition coefficient (Wildman–Crippen LogP) is 1.03. The first kappa shape index (κ1) is 10.9. The fourth-order valence-corrected chi connectivity index (χ4v) is 0.411. The second kappa shape index (κ2) is 5.57. The Labute approximate surface area is 75.1 Å². The third-order valence-electron chi connectivity index (χ3n) is 0.939. The van der Waals surface area contributed by atoms with Gasteiger partial charge in [0.1, 0.15) is 6.26 Å². The molecule has 0 rings (SSSR count). The molecule has 0 aromatic carbocycles. The zero-order valence-electron chi connectivity index (χ0n) is 6.82. The lowest BCUT2D eigenvalue weighted by Gasteiger charge is -1.94. The minimum atomic E-state index is -1.16. The molecule has 0 fully saturated rings. The van der Waals surface area contributed by atoms with Gasteiger partial charge in [0.25, 0.3) is 0 Å². The Morgan fingerprint density at radius 3 is 2.46 bits per heavy atom. The van der Waals surface area contributed by atoms with Crippen LogP contribution in [0.4, 0.5) is 0 Å². The highest BCUT2D eigenvalue weighted by Crippen LogP contribution is 1.96. The van der Waals surface area contributed by atoms with E-state index in [0.717, 1.165) is 18.4 Å². The van der Waals surface area contributed by atoms with Crippen molar-refractivity contribution in [1.82, 2.24) is 0 Å². The van der Waals surface area contributed by atoms with Gasteiger partial charge in [-0.3, -0.25) is 0 Å². The highest BCUT2D eigenvalue weighted by Gasteiger charge is 2.03. The van der Waals surface area contributed by atoms with E-state index in [-0.39, 0.29) is 5.57 Å². The van der Waals surface area contributed by atoms with E-state index in [9.17, 15) is 9.59 Å². The molecule has 0 heterocycles. The molecule has 0 radical (unpaired) electrons. The van der Waals surface area contributed by atoms with Crippen molar-refractivity contribution in [2.75, 3.05) is 0 Å². The van der Waals surface area contributed by atoms with Gasteiger partial charge in [-0.05, 0) is 6.08 Å². The Kier molecular flexibility index (Phi) is 4.69. The second-order valence-electron chi connectivity index (χ2n) is 1.92. The number of hydrogen-bond donors (Lipinski definition) is 1. The SMILES string of the molecule is C=C=COC(=O)C(=C)C=CC(=O)O. The summed E-state index contributed by atoms with van der Waals surface area (Å²) in [5.41, 5.74) is 2.16. The van der Waals surface area contributed by atoms with Gasteiger partial charge in [0, 0.05) is 6.08 Å². The molecular weight excluding hydrogens is 172 g/mol. The molecule has 0 spiro atoms. The summed E-state index contributed by atoms with van der Waals surface area (Å²) >= 11 is 0. The van der Waals surface area contributed by atoms with Gasteiger partial charge in [-0.25, -0.2) is 9.59 Å². The van der Waals surface area contributed by atoms with Gasteiger partial charge in [0.05, 0.1) is 5.57 Å². The summed E-state index contributed by atoms with van der Waals surface area (Å²) in [4.78, 5) is 20.9. The molecule has 0 unspecified atom stereocenters. The van der Waals surface area contributed by atoms with E-state index < -0.39 is 11.9 Å². The molecule has 0 aromatic heterocycles. The maximum Gasteiger partial charge on any atom is 0.342 e. The van der Waals surface area contributed by atoms with Crippen LogP contribution in [0.3, 0.4) is 0 Å². The molecule has 0 bridgehead atoms. The van der Waals surface area contributed by atoms with Crippen LogP contribution in [-0.2, 0) is 14.3 Å². The number of carboxylic acids is 1. The van der Waals surface area contributed by atoms with Crippen molar-refractivity contribution in [3.63, 3.8) is 0 Å². The molecule has 0 saturated heterocycles. The summed E-state index contributed by atoms with van der Waals surface area (Å²) < 4.78 is 4.40. The van der Waals surface area contributed by atoms with Crippen molar-refractivity contribution < 1.29 is 19.4 Å². The lowest BCUT2D eigenvalue weighted by molar-refractivity contribution is -0.133. The fourth-order valence-electron chi connectivity index (χ4n) is 0.411. The third kappa shape index (κ3) is 5.24. The average molecular weight is 180 g/mol. The third-order valence-corrected chi connectivity index (χ3v) is 0.939. The van der Waals surface area contributed by atoms with Crippen molar-refractivity contribution in [2.24, 2.45) is 0 Å². The monoisotopic (exact) mass is 180 g/mol. The largest absolute Gasteiger partial charge is 0.478 e. The minimum absolute atomic E-state index is 0.0612. The van der Waals surface area contributed by atoms with Gasteiger partial charge in [0.15, 0.2) is 0 Å². The first-order valence-electron chi connectivity index (χ1n) is 3.23. The van der Waals surface area contributed by atoms with Crippen molar-refractivity contribution in [2.45, 2.75) is 0 Å². The van der Waals surface area contributed by atoms with E-state index in [4.69, 9.17) is 5.11 Å². The highest BCUT2D eigenvalue weighted by molar-refractivity contribution is 5.93. The molecule has 0 saturated carbocycles. The number of carbonyl (C=O) groups excluding carboxylic acids is 1. The number of rotatable bonds is 4. The maximum atomic E-state index is 10.8. The maximum absolute atomic E-state index is 10.8. The van der Waals surface area contributed by atoms with Crippen LogP contribution in [0.2, 0.25) is 0 Å². The fraction of sp³-hybridized carbons (Fsp3) is 0. The van der Waals surface area contributed by atoms with Gasteiger partial charge >= 0.3 is 11.9 Å². The summed E-state index contributed by atoms with van der Waals surface area (Å²) in [5, 5.41) is 8.21. The topological polar surface area (TPSA) is 63.6 Å². The lowest BCUT2D eigenvalue weighted by Crippen LogP contribution is -2.01. The standard InChI is InChI=1S/C9H8O4/c1-3-6-13-9(12)7(2)4-5-8(10)11/h4-6H,1-2H2,(H,10,11). The Bertz CT molecular complexity index is 306. The molecule has 0 aromatic rings. The molecule has 1 N–H and O–H groups in total. The zero-order chi connectivity index (χ0) is 10.3. The van der Waals surface area contributed by atoms with Crippen molar-refractivity contribution in [1.29, 1.82) is 0 Å². The van der Waals surface area contributed by atoms with Gasteiger partial charge in [-0.2, -0.15) is 0 Å². The van der Waals surface area contributed by atoms with Gasteiger partial charge < -0.3 is 9.84 Å². The van der Waals surface area contributed by atoms with Gasteiger partial charge in [0.2, 0.25) is 0 Å². The van der Waals surface area contributed by atoms with Crippen LogP contribution in [0.1, 0.15) is 0 Å². The number of carbonyl (C=O) groups is 2. The van der Waals surface area contributed by atoms with Crippen molar-refractivity contribution in [3.05, 3.63) is 42.9 Å². The van der Waals surface area contributed by atoms with Crippen LogP contribution in [0.5, 0.6) is 0 Å². The Hall–Kier alpha value is -2.06. The molecule has 4 nitrogen and oxygen atoms in total. The number of carboxylic acid groups (broad SMARTS) is 1. The summed E-state index contributed by atoms with van der Waals surface area (Å²) in [6.07, 6.45) is 2.80. The highest BCUT2D eigenvalue weighted by atomic mass is 16.5. The van der Waals surface area contributed by atoms with Crippen molar-refractivity contribution >= 4 is 11.9 Å². The first-order valence-corrected chi connectivity index (χ1v) is 3.23. The molecule has 0 aliphatic heterocycles. The molecule has 13 heavy (non-hydrogen) atoms. The van der Waals surface area contributed by atoms with E-state index in [0.29, 0.717) is 0 Å². The Morgan fingerprint density at radius 1 is 1.38 bits per heavy atom. The van der Waals surface area contributed by atoms with E-state index in [1.807, 2.05) is 0 Å². The predicted molar refractivity (Wildman–Crippen MR) is 45.7 cm³/mol. The quantitative estimate of drug-likeness (QED) is 0.231. The van der Waals surface area contributed by atoms with Crippen LogP contribution < -0.4 is 0 Å². The first-order chi connectivity index (χ1) is 6.07. The molecule has 4 heteroatoms. The van der Waals surface area contributed by atoms with Gasteiger partial charge in [-0.1, -0.05) is 18.9 Å². The summed E-state index contributed by atoms with van der Waals surface area (Å²) in [6, 6.07) is 0. The summed E-state index contributed by atoms with van der Waals surface area (Å²) in [6.45, 7) is 6.45. The van der Waals surface area contributed by atoms with E-state index in [1.54, 1.807) is 0 Å².